The smallest absolute Gasteiger partial charge is 0.225 e. The first-order valence-corrected chi connectivity index (χ1v) is 10.8. The summed E-state index contributed by atoms with van der Waals surface area (Å²) in [6.07, 6.45) is 8.33. The van der Waals surface area contributed by atoms with E-state index in [0.29, 0.717) is 23.7 Å². The molecule has 1 aromatic rings. The van der Waals surface area contributed by atoms with E-state index < -0.39 is 0 Å². The number of amides is 2. The van der Waals surface area contributed by atoms with Gasteiger partial charge in [-0.15, -0.1) is 0 Å². The molecule has 4 heteroatoms. The quantitative estimate of drug-likeness (QED) is 0.896. The molecule has 2 aliphatic heterocycles. The van der Waals surface area contributed by atoms with Crippen LogP contribution in [-0.2, 0) is 15.0 Å². The fourth-order valence-electron chi connectivity index (χ4n) is 6.23. The number of hydrogen-bond acceptors (Lipinski definition) is 2. The number of nitrogens with zero attached hydrogens (tertiary/aromatic N) is 1. The second-order valence-corrected chi connectivity index (χ2v) is 9.92. The Morgan fingerprint density at radius 2 is 2.00 bits per heavy atom. The van der Waals surface area contributed by atoms with Crippen LogP contribution in [0.1, 0.15) is 68.4 Å². The molecule has 5 aliphatic rings. The molecule has 0 radical (unpaired) electrons. The zero-order chi connectivity index (χ0) is 18.2. The summed E-state index contributed by atoms with van der Waals surface area (Å²) in [5.41, 5.74) is 3.37. The third kappa shape index (κ3) is 2.48. The number of carbonyl (C=O) groups excluding carboxylic acids is 2. The fraction of sp³-hybridized carbons (Fsp3) is 0.652. The van der Waals surface area contributed by atoms with Gasteiger partial charge in [-0.3, -0.25) is 9.59 Å². The van der Waals surface area contributed by atoms with Gasteiger partial charge in [0.25, 0.3) is 0 Å². The number of benzene rings is 1. The van der Waals surface area contributed by atoms with Crippen LogP contribution >= 0.6 is 0 Å². The Bertz CT molecular complexity index is 823. The maximum Gasteiger partial charge on any atom is 0.225 e. The minimum absolute atomic E-state index is 0.0419. The van der Waals surface area contributed by atoms with Crippen molar-refractivity contribution in [2.24, 2.45) is 11.8 Å². The SMILES string of the molecule is O=C1CCC2(CC(C(=O)N3CCC4(c5cccc(C6CC6)c5)CC4C3)C2)N1. The first kappa shape index (κ1) is 16.1. The largest absolute Gasteiger partial charge is 0.351 e. The third-order valence-electron chi connectivity index (χ3n) is 8.18. The topological polar surface area (TPSA) is 49.4 Å². The predicted molar refractivity (Wildman–Crippen MR) is 102 cm³/mol. The van der Waals surface area contributed by atoms with E-state index in [1.54, 1.807) is 0 Å². The van der Waals surface area contributed by atoms with E-state index in [9.17, 15) is 9.59 Å². The second kappa shape index (κ2) is 5.36. The van der Waals surface area contributed by atoms with Gasteiger partial charge in [-0.05, 0) is 67.9 Å². The lowest BCUT2D eigenvalue weighted by Crippen LogP contribution is -2.57. The van der Waals surface area contributed by atoms with E-state index in [0.717, 1.165) is 44.7 Å². The van der Waals surface area contributed by atoms with Crippen molar-refractivity contribution >= 4 is 11.8 Å². The van der Waals surface area contributed by atoms with Crippen molar-refractivity contribution in [3.63, 3.8) is 0 Å². The Balaban J connectivity index is 1.10. The minimum Gasteiger partial charge on any atom is -0.351 e. The molecule has 2 amide bonds. The highest BCUT2D eigenvalue weighted by Gasteiger charge is 2.59. The van der Waals surface area contributed by atoms with E-state index in [2.05, 4.69) is 34.5 Å². The summed E-state index contributed by atoms with van der Waals surface area (Å²) in [7, 11) is 0. The minimum atomic E-state index is -0.0419. The number of likely N-dealkylation sites (tertiary alicyclic amines) is 1. The van der Waals surface area contributed by atoms with Crippen LogP contribution in [0.5, 0.6) is 0 Å². The van der Waals surface area contributed by atoms with Gasteiger partial charge in [-0.25, -0.2) is 0 Å². The average Bonchev–Trinajstić information content (AvgIpc) is 3.56. The van der Waals surface area contributed by atoms with E-state index in [4.69, 9.17) is 0 Å². The molecule has 6 rings (SSSR count). The van der Waals surface area contributed by atoms with Crippen molar-refractivity contribution in [2.75, 3.05) is 13.1 Å². The lowest BCUT2D eigenvalue weighted by atomic mass is 9.67. The van der Waals surface area contributed by atoms with E-state index in [1.807, 2.05) is 0 Å². The molecule has 1 aromatic carbocycles. The average molecular weight is 364 g/mol. The molecular weight excluding hydrogens is 336 g/mol. The van der Waals surface area contributed by atoms with Crippen LogP contribution in [0.25, 0.3) is 0 Å². The highest BCUT2D eigenvalue weighted by atomic mass is 16.2. The summed E-state index contributed by atoms with van der Waals surface area (Å²) in [4.78, 5) is 26.6. The fourth-order valence-corrected chi connectivity index (χ4v) is 6.23. The number of rotatable bonds is 3. The molecule has 4 nitrogen and oxygen atoms in total. The van der Waals surface area contributed by atoms with Gasteiger partial charge < -0.3 is 10.2 Å². The molecule has 3 saturated carbocycles. The van der Waals surface area contributed by atoms with Crippen molar-refractivity contribution in [1.82, 2.24) is 10.2 Å². The number of piperidine rings is 1. The van der Waals surface area contributed by atoms with Crippen LogP contribution < -0.4 is 5.32 Å². The summed E-state index contributed by atoms with van der Waals surface area (Å²) in [5.74, 6) is 2.09. The standard InChI is InChI=1S/C23H28N2O2/c26-20-6-7-22(24-20)11-17(12-22)21(27)25-9-8-23(13-19(23)14-25)18-3-1-2-16(10-18)15-4-5-15/h1-3,10,15,17,19H,4-9,11-14H2,(H,24,26). The summed E-state index contributed by atoms with van der Waals surface area (Å²) in [6.45, 7) is 1.83. The molecule has 0 aromatic heterocycles. The second-order valence-electron chi connectivity index (χ2n) is 9.92. The Labute approximate surface area is 160 Å². The highest BCUT2D eigenvalue weighted by molar-refractivity contribution is 5.84. The van der Waals surface area contributed by atoms with Crippen molar-refractivity contribution < 1.29 is 9.59 Å². The van der Waals surface area contributed by atoms with Gasteiger partial charge in [-0.2, -0.15) is 0 Å². The molecule has 0 bridgehead atoms. The van der Waals surface area contributed by atoms with Gasteiger partial charge in [0.1, 0.15) is 0 Å². The van der Waals surface area contributed by atoms with Gasteiger partial charge in [0.2, 0.25) is 11.8 Å². The molecule has 2 atom stereocenters. The Morgan fingerprint density at radius 3 is 2.70 bits per heavy atom. The number of carbonyl (C=O) groups is 2. The predicted octanol–water partition coefficient (Wildman–Crippen LogP) is 3.11. The van der Waals surface area contributed by atoms with E-state index in [1.165, 1.54) is 30.4 Å². The van der Waals surface area contributed by atoms with Crippen molar-refractivity contribution in [2.45, 2.75) is 68.2 Å². The maximum atomic E-state index is 13.0. The van der Waals surface area contributed by atoms with Crippen LogP contribution in [0.2, 0.25) is 0 Å². The first-order valence-electron chi connectivity index (χ1n) is 10.8. The van der Waals surface area contributed by atoms with Gasteiger partial charge >= 0.3 is 0 Å². The van der Waals surface area contributed by atoms with Crippen LogP contribution in [-0.4, -0.2) is 35.3 Å². The number of hydrogen-bond donors (Lipinski definition) is 1. The third-order valence-corrected chi connectivity index (χ3v) is 8.18. The summed E-state index contributed by atoms with van der Waals surface area (Å²) in [6, 6.07) is 9.33. The normalized spacial score (nSPS) is 39.7. The molecule has 2 heterocycles. The molecule has 1 spiro atoms. The Hall–Kier alpha value is -1.84. The van der Waals surface area contributed by atoms with Crippen molar-refractivity contribution in [1.29, 1.82) is 0 Å². The molecule has 142 valence electrons. The van der Waals surface area contributed by atoms with Crippen LogP contribution in [0.15, 0.2) is 24.3 Å². The zero-order valence-electron chi connectivity index (χ0n) is 15.9. The Morgan fingerprint density at radius 1 is 1.15 bits per heavy atom. The summed E-state index contributed by atoms with van der Waals surface area (Å²) < 4.78 is 0. The van der Waals surface area contributed by atoms with Gasteiger partial charge in [0.05, 0.1) is 0 Å². The summed E-state index contributed by atoms with van der Waals surface area (Å²) in [5, 5.41) is 3.11. The molecule has 27 heavy (non-hydrogen) atoms. The molecule has 2 unspecified atom stereocenters. The van der Waals surface area contributed by atoms with Crippen molar-refractivity contribution in [3.8, 4) is 0 Å². The molecule has 2 saturated heterocycles. The van der Waals surface area contributed by atoms with Gasteiger partial charge in [-0.1, -0.05) is 24.3 Å². The maximum absolute atomic E-state index is 13.0. The van der Waals surface area contributed by atoms with Crippen LogP contribution in [0, 0.1) is 11.8 Å². The van der Waals surface area contributed by atoms with Gasteiger partial charge in [0, 0.05) is 36.4 Å². The molecule has 1 N–H and O–H groups in total. The van der Waals surface area contributed by atoms with E-state index >= 15 is 0 Å². The summed E-state index contributed by atoms with van der Waals surface area (Å²) >= 11 is 0. The van der Waals surface area contributed by atoms with E-state index in [-0.39, 0.29) is 17.4 Å². The lowest BCUT2D eigenvalue weighted by molar-refractivity contribution is -0.143. The Kier molecular flexibility index (Phi) is 3.21. The molecule has 5 fully saturated rings. The van der Waals surface area contributed by atoms with Crippen LogP contribution in [0.3, 0.4) is 0 Å². The molecular formula is C23H28N2O2. The lowest BCUT2D eigenvalue weighted by Gasteiger charge is -2.46. The zero-order valence-corrected chi connectivity index (χ0v) is 15.9. The monoisotopic (exact) mass is 364 g/mol. The highest BCUT2D eigenvalue weighted by Crippen LogP contribution is 2.60. The van der Waals surface area contributed by atoms with Crippen LogP contribution in [0.4, 0.5) is 0 Å². The number of nitrogens with one attached hydrogen (secondary N) is 1. The van der Waals surface area contributed by atoms with Gasteiger partial charge in [0.15, 0.2) is 0 Å². The first-order chi connectivity index (χ1) is 13.1. The molecule has 3 aliphatic carbocycles. The van der Waals surface area contributed by atoms with Crippen molar-refractivity contribution in [3.05, 3.63) is 35.4 Å². The number of fused-ring (bicyclic) bond motifs is 1.